The summed E-state index contributed by atoms with van der Waals surface area (Å²) in [6, 6.07) is 1.63. The van der Waals surface area contributed by atoms with E-state index in [1.807, 2.05) is 34.6 Å². The van der Waals surface area contributed by atoms with Crippen molar-refractivity contribution >= 4 is 5.97 Å². The largest absolute Gasteiger partial charge is 0.478 e. The molecule has 0 unspecified atom stereocenters. The van der Waals surface area contributed by atoms with Crippen LogP contribution >= 0.6 is 0 Å². The molecule has 0 saturated carbocycles. The normalized spacial score (nSPS) is 11.1. The Balaban J connectivity index is 2.25. The number of halogens is 1. The third-order valence-corrected chi connectivity index (χ3v) is 5.81. The zero-order chi connectivity index (χ0) is 20.9. The van der Waals surface area contributed by atoms with Crippen molar-refractivity contribution in [3.63, 3.8) is 0 Å². The molecule has 0 fully saturated rings. The third-order valence-electron chi connectivity index (χ3n) is 5.81. The summed E-state index contributed by atoms with van der Waals surface area (Å²) < 4.78 is 20.4. The Bertz CT molecular complexity index is 1100. The number of carboxylic acid groups (broad SMARTS) is 1. The zero-order valence-corrected chi connectivity index (χ0v) is 17.1. The Labute approximate surface area is 163 Å². The zero-order valence-electron chi connectivity index (χ0n) is 17.1. The molecule has 5 nitrogen and oxygen atoms in total. The van der Waals surface area contributed by atoms with Gasteiger partial charge in [0, 0.05) is 5.56 Å². The molecule has 28 heavy (non-hydrogen) atoms. The molecular weight excluding hydrogens is 359 g/mol. The van der Waals surface area contributed by atoms with Crippen molar-refractivity contribution in [1.29, 1.82) is 0 Å². The maximum atomic E-state index is 15.0. The lowest BCUT2D eigenvalue weighted by Crippen LogP contribution is -2.05. The number of benzene rings is 2. The summed E-state index contributed by atoms with van der Waals surface area (Å²) in [5, 5.41) is 13.5. The minimum absolute atomic E-state index is 0.0911. The molecule has 3 aromatic rings. The molecule has 6 heteroatoms. The number of carbonyl (C=O) groups is 1. The minimum Gasteiger partial charge on any atom is -0.478 e. The predicted molar refractivity (Wildman–Crippen MR) is 105 cm³/mol. The smallest absolute Gasteiger partial charge is 0.335 e. The van der Waals surface area contributed by atoms with Crippen LogP contribution in [0.15, 0.2) is 10.6 Å². The highest BCUT2D eigenvalue weighted by molar-refractivity contribution is 5.92. The number of hydrogen-bond donors (Lipinski definition) is 1. The maximum Gasteiger partial charge on any atom is 0.335 e. The summed E-state index contributed by atoms with van der Waals surface area (Å²) in [6.07, 6.45) is 0. The number of aromatic nitrogens is 2. The predicted octanol–water partition coefficient (Wildman–Crippen LogP) is 5.40. The van der Waals surface area contributed by atoms with Crippen molar-refractivity contribution in [1.82, 2.24) is 10.1 Å². The third kappa shape index (κ3) is 2.89. The average molecular weight is 382 g/mol. The molecule has 146 valence electrons. The van der Waals surface area contributed by atoms with Gasteiger partial charge in [-0.25, -0.2) is 9.18 Å². The van der Waals surface area contributed by atoms with Crippen molar-refractivity contribution in [2.45, 2.75) is 48.5 Å². The highest BCUT2D eigenvalue weighted by Gasteiger charge is 2.24. The summed E-state index contributed by atoms with van der Waals surface area (Å²) >= 11 is 0. The van der Waals surface area contributed by atoms with Crippen molar-refractivity contribution in [2.24, 2.45) is 0 Å². The van der Waals surface area contributed by atoms with Gasteiger partial charge in [-0.15, -0.1) is 0 Å². The molecule has 0 aliphatic rings. The van der Waals surface area contributed by atoms with Crippen LogP contribution in [0.3, 0.4) is 0 Å². The first-order chi connectivity index (χ1) is 13.1. The second-order valence-electron chi connectivity index (χ2n) is 7.28. The van der Waals surface area contributed by atoms with E-state index in [9.17, 15) is 14.3 Å². The minimum atomic E-state index is -1.02. The van der Waals surface area contributed by atoms with Gasteiger partial charge < -0.3 is 9.63 Å². The van der Waals surface area contributed by atoms with Gasteiger partial charge >= 0.3 is 5.97 Å². The number of carboxylic acids is 1. The molecule has 1 N–H and O–H groups in total. The molecule has 1 aromatic heterocycles. The fourth-order valence-electron chi connectivity index (χ4n) is 3.55. The van der Waals surface area contributed by atoms with Crippen LogP contribution in [-0.2, 0) is 0 Å². The Morgan fingerprint density at radius 3 is 2.11 bits per heavy atom. The molecule has 0 radical (unpaired) electrons. The first kappa shape index (κ1) is 19.7. The summed E-state index contributed by atoms with van der Waals surface area (Å²) in [5.74, 6) is -1.05. The molecule has 0 bridgehead atoms. The van der Waals surface area contributed by atoms with Crippen LogP contribution in [0, 0.1) is 54.3 Å². The lowest BCUT2D eigenvalue weighted by molar-refractivity contribution is 0.0696. The van der Waals surface area contributed by atoms with Gasteiger partial charge in [0.05, 0.1) is 11.1 Å². The summed E-state index contributed by atoms with van der Waals surface area (Å²) in [5.41, 5.74) is 6.49. The van der Waals surface area contributed by atoms with E-state index in [2.05, 4.69) is 10.1 Å². The molecule has 0 aliphatic heterocycles. The van der Waals surface area contributed by atoms with Gasteiger partial charge in [0.25, 0.3) is 5.89 Å². The molecule has 0 amide bonds. The number of hydrogen-bond acceptors (Lipinski definition) is 4. The number of rotatable bonds is 3. The monoisotopic (exact) mass is 382 g/mol. The second kappa shape index (κ2) is 6.86. The molecular formula is C22H23FN2O3. The first-order valence-corrected chi connectivity index (χ1v) is 9.00. The molecule has 2 aromatic carbocycles. The van der Waals surface area contributed by atoms with Crippen molar-refractivity contribution < 1.29 is 18.8 Å². The number of nitrogens with zero attached hydrogens (tertiary/aromatic N) is 2. The van der Waals surface area contributed by atoms with Crippen molar-refractivity contribution in [3.8, 4) is 22.8 Å². The van der Waals surface area contributed by atoms with Gasteiger partial charge in [-0.05, 0) is 93.5 Å². The highest BCUT2D eigenvalue weighted by Crippen LogP contribution is 2.35. The van der Waals surface area contributed by atoms with Crippen LogP contribution in [0.2, 0.25) is 0 Å². The molecule has 3 rings (SSSR count). The van der Waals surface area contributed by atoms with Crippen LogP contribution in [0.4, 0.5) is 4.39 Å². The van der Waals surface area contributed by atoms with E-state index in [1.165, 1.54) is 0 Å². The molecule has 0 spiro atoms. The van der Waals surface area contributed by atoms with Crippen molar-refractivity contribution in [2.75, 3.05) is 0 Å². The van der Waals surface area contributed by atoms with Crippen LogP contribution in [0.1, 0.15) is 49.3 Å². The van der Waals surface area contributed by atoms with Gasteiger partial charge in [0.2, 0.25) is 5.82 Å². The molecule has 1 heterocycles. The average Bonchev–Trinajstić information content (AvgIpc) is 3.10. The van der Waals surface area contributed by atoms with Gasteiger partial charge in [-0.1, -0.05) is 5.16 Å². The summed E-state index contributed by atoms with van der Waals surface area (Å²) in [6.45, 7) is 12.8. The molecule has 0 saturated heterocycles. The van der Waals surface area contributed by atoms with E-state index in [0.717, 1.165) is 27.8 Å². The van der Waals surface area contributed by atoms with E-state index in [1.54, 1.807) is 19.9 Å². The van der Waals surface area contributed by atoms with Gasteiger partial charge in [-0.2, -0.15) is 4.98 Å². The Morgan fingerprint density at radius 1 is 0.893 bits per heavy atom. The molecule has 0 aliphatic carbocycles. The van der Waals surface area contributed by atoms with Crippen LogP contribution in [0.25, 0.3) is 22.8 Å². The van der Waals surface area contributed by atoms with E-state index >= 15 is 0 Å². The Morgan fingerprint density at radius 2 is 1.50 bits per heavy atom. The molecule has 0 atom stereocenters. The van der Waals surface area contributed by atoms with Gasteiger partial charge in [0.1, 0.15) is 5.82 Å². The summed E-state index contributed by atoms with van der Waals surface area (Å²) in [4.78, 5) is 16.0. The topological polar surface area (TPSA) is 76.2 Å². The van der Waals surface area contributed by atoms with Gasteiger partial charge in [0.15, 0.2) is 0 Å². The maximum absolute atomic E-state index is 15.0. The first-order valence-electron chi connectivity index (χ1n) is 9.00. The fraction of sp³-hybridized carbons (Fsp3) is 0.318. The number of aromatic carboxylic acids is 1. The van der Waals surface area contributed by atoms with E-state index in [0.29, 0.717) is 22.3 Å². The van der Waals surface area contributed by atoms with E-state index < -0.39 is 5.97 Å². The van der Waals surface area contributed by atoms with E-state index in [4.69, 9.17) is 4.52 Å². The van der Waals surface area contributed by atoms with Crippen LogP contribution < -0.4 is 0 Å². The SMILES string of the molecule is Cc1cc(C(=O)O)c(C)c(-c2noc(-c3c(C)c(C)c(C)c(C)c3F)n2)c1C. The van der Waals surface area contributed by atoms with E-state index in [-0.39, 0.29) is 23.1 Å². The fourth-order valence-corrected chi connectivity index (χ4v) is 3.55. The van der Waals surface area contributed by atoms with Crippen LogP contribution in [-0.4, -0.2) is 21.2 Å². The van der Waals surface area contributed by atoms with Gasteiger partial charge in [-0.3, -0.25) is 0 Å². The lowest BCUT2D eigenvalue weighted by Gasteiger charge is -2.13. The number of aryl methyl sites for hydroxylation is 1. The Hall–Kier alpha value is -3.02. The standard InChI is InChI=1S/C22H23FN2O3/c1-9-8-16(22(26)27)15(7)17(10(9)2)20-24-21(28-25-20)18-13(5)11(3)12(4)14(6)19(18)23/h8H,1-7H3,(H,26,27). The second-order valence-corrected chi connectivity index (χ2v) is 7.28. The summed E-state index contributed by atoms with van der Waals surface area (Å²) in [7, 11) is 0. The van der Waals surface area contributed by atoms with Crippen molar-refractivity contribution in [3.05, 3.63) is 56.4 Å². The van der Waals surface area contributed by atoms with Crippen LogP contribution in [0.5, 0.6) is 0 Å². The highest BCUT2D eigenvalue weighted by atomic mass is 19.1. The quantitative estimate of drug-likeness (QED) is 0.656. The Kier molecular flexibility index (Phi) is 4.83. The lowest BCUT2D eigenvalue weighted by atomic mass is 9.92.